The fourth-order valence-corrected chi connectivity index (χ4v) is 3.04. The van der Waals surface area contributed by atoms with Gasteiger partial charge in [-0.1, -0.05) is 26.2 Å². The average Bonchev–Trinajstić information content (AvgIpc) is 2.42. The molecule has 3 unspecified atom stereocenters. The molecule has 0 aromatic carbocycles. The van der Waals surface area contributed by atoms with Crippen molar-refractivity contribution in [3.05, 3.63) is 0 Å². The van der Waals surface area contributed by atoms with E-state index in [-0.39, 0.29) is 12.1 Å². The summed E-state index contributed by atoms with van der Waals surface area (Å²) in [4.78, 5) is 0. The van der Waals surface area contributed by atoms with Crippen LogP contribution in [-0.2, 0) is 9.47 Å². The van der Waals surface area contributed by atoms with Crippen LogP contribution in [0.5, 0.6) is 0 Å². The second-order valence-corrected chi connectivity index (χ2v) is 5.65. The van der Waals surface area contributed by atoms with Crippen LogP contribution in [-0.4, -0.2) is 32.5 Å². The van der Waals surface area contributed by atoms with E-state index in [0.29, 0.717) is 11.8 Å². The molecule has 0 aromatic heterocycles. The average molecular weight is 257 g/mol. The van der Waals surface area contributed by atoms with Crippen molar-refractivity contribution in [3.8, 4) is 0 Å². The summed E-state index contributed by atoms with van der Waals surface area (Å²) in [6.45, 7) is 5.85. The summed E-state index contributed by atoms with van der Waals surface area (Å²) in [5, 5.41) is 0. The lowest BCUT2D eigenvalue weighted by Gasteiger charge is -2.36. The van der Waals surface area contributed by atoms with Crippen LogP contribution in [0.4, 0.5) is 0 Å². The fraction of sp³-hybridized carbons (Fsp3) is 1.00. The first-order chi connectivity index (χ1) is 8.70. The highest BCUT2D eigenvalue weighted by molar-refractivity contribution is 4.85. The number of ether oxygens (including phenoxy) is 2. The van der Waals surface area contributed by atoms with Crippen molar-refractivity contribution >= 4 is 0 Å². The van der Waals surface area contributed by atoms with Crippen LogP contribution in [0.15, 0.2) is 0 Å². The molecule has 2 N–H and O–H groups in total. The summed E-state index contributed by atoms with van der Waals surface area (Å²) in [6, 6.07) is 0.142. The van der Waals surface area contributed by atoms with Crippen molar-refractivity contribution in [2.24, 2.45) is 17.6 Å². The van der Waals surface area contributed by atoms with Crippen LogP contribution in [0.1, 0.15) is 52.4 Å². The van der Waals surface area contributed by atoms with Crippen molar-refractivity contribution in [2.75, 3.05) is 20.3 Å². The fourth-order valence-electron chi connectivity index (χ4n) is 3.04. The first-order valence-corrected chi connectivity index (χ1v) is 7.56. The van der Waals surface area contributed by atoms with Gasteiger partial charge in [0, 0.05) is 26.4 Å². The molecule has 0 aromatic rings. The van der Waals surface area contributed by atoms with Gasteiger partial charge in [-0.2, -0.15) is 0 Å². The molecular weight excluding hydrogens is 226 g/mol. The molecule has 0 aliphatic heterocycles. The van der Waals surface area contributed by atoms with Crippen molar-refractivity contribution in [3.63, 3.8) is 0 Å². The first kappa shape index (κ1) is 15.9. The molecule has 0 saturated heterocycles. The van der Waals surface area contributed by atoms with Gasteiger partial charge in [0.2, 0.25) is 0 Å². The molecule has 1 aliphatic rings. The molecular formula is C15H31NO2. The minimum absolute atomic E-state index is 0.142. The number of hydrogen-bond acceptors (Lipinski definition) is 3. The van der Waals surface area contributed by atoms with E-state index in [9.17, 15) is 0 Å². The molecule has 18 heavy (non-hydrogen) atoms. The lowest BCUT2D eigenvalue weighted by atomic mass is 9.79. The van der Waals surface area contributed by atoms with Gasteiger partial charge in [0.05, 0.1) is 6.10 Å². The van der Waals surface area contributed by atoms with E-state index >= 15 is 0 Å². The van der Waals surface area contributed by atoms with Crippen LogP contribution < -0.4 is 5.73 Å². The van der Waals surface area contributed by atoms with Crippen molar-refractivity contribution < 1.29 is 9.47 Å². The van der Waals surface area contributed by atoms with Gasteiger partial charge in [-0.05, 0) is 38.0 Å². The Kier molecular flexibility index (Phi) is 7.87. The maximum atomic E-state index is 6.44. The lowest BCUT2D eigenvalue weighted by molar-refractivity contribution is -0.0225. The van der Waals surface area contributed by atoms with Crippen molar-refractivity contribution in [1.82, 2.24) is 0 Å². The highest BCUT2D eigenvalue weighted by atomic mass is 16.5. The molecule has 1 fully saturated rings. The maximum absolute atomic E-state index is 6.44. The van der Waals surface area contributed by atoms with Crippen LogP contribution >= 0.6 is 0 Å². The van der Waals surface area contributed by atoms with Gasteiger partial charge in [0.25, 0.3) is 0 Å². The van der Waals surface area contributed by atoms with E-state index in [4.69, 9.17) is 15.2 Å². The Balaban J connectivity index is 2.52. The first-order valence-electron chi connectivity index (χ1n) is 7.56. The molecule has 3 atom stereocenters. The van der Waals surface area contributed by atoms with Gasteiger partial charge in [0.1, 0.15) is 0 Å². The summed E-state index contributed by atoms with van der Waals surface area (Å²) in [5.74, 6) is 1.13. The SMILES string of the molecule is CCOC(C1CCCCC1)C(N)C(C)CCOC. The predicted octanol–water partition coefficient (Wildman–Crippen LogP) is 2.97. The Bertz CT molecular complexity index is 205. The van der Waals surface area contributed by atoms with Crippen LogP contribution in [0.25, 0.3) is 0 Å². The molecule has 3 nitrogen and oxygen atoms in total. The van der Waals surface area contributed by atoms with E-state index in [2.05, 4.69) is 13.8 Å². The third-order valence-corrected chi connectivity index (χ3v) is 4.29. The maximum Gasteiger partial charge on any atom is 0.0756 e. The lowest BCUT2D eigenvalue weighted by Crippen LogP contribution is -2.47. The van der Waals surface area contributed by atoms with Crippen LogP contribution in [0.3, 0.4) is 0 Å². The van der Waals surface area contributed by atoms with Crippen molar-refractivity contribution in [2.45, 2.75) is 64.5 Å². The standard InChI is InChI=1S/C15H31NO2/c1-4-18-15(13-8-6-5-7-9-13)14(16)12(2)10-11-17-3/h12-15H,4-11,16H2,1-3H3. The largest absolute Gasteiger partial charge is 0.385 e. The van der Waals surface area contributed by atoms with Crippen molar-refractivity contribution in [1.29, 1.82) is 0 Å². The molecule has 0 amide bonds. The van der Waals surface area contributed by atoms with E-state index < -0.39 is 0 Å². The summed E-state index contributed by atoms with van der Waals surface area (Å²) in [7, 11) is 1.75. The minimum atomic E-state index is 0.142. The predicted molar refractivity (Wildman–Crippen MR) is 75.6 cm³/mol. The summed E-state index contributed by atoms with van der Waals surface area (Å²) >= 11 is 0. The Morgan fingerprint density at radius 1 is 1.22 bits per heavy atom. The highest BCUT2D eigenvalue weighted by Crippen LogP contribution is 2.31. The Hall–Kier alpha value is -0.120. The van der Waals surface area contributed by atoms with Gasteiger partial charge in [-0.3, -0.25) is 0 Å². The van der Waals surface area contributed by atoms with Gasteiger partial charge in [0.15, 0.2) is 0 Å². The monoisotopic (exact) mass is 257 g/mol. The van der Waals surface area contributed by atoms with Gasteiger partial charge < -0.3 is 15.2 Å². The zero-order valence-electron chi connectivity index (χ0n) is 12.4. The molecule has 1 saturated carbocycles. The van der Waals surface area contributed by atoms with Crippen LogP contribution in [0.2, 0.25) is 0 Å². The van der Waals surface area contributed by atoms with E-state index in [0.717, 1.165) is 19.6 Å². The second kappa shape index (κ2) is 8.89. The molecule has 0 spiro atoms. The zero-order chi connectivity index (χ0) is 13.4. The summed E-state index contributed by atoms with van der Waals surface area (Å²) < 4.78 is 11.1. The van der Waals surface area contributed by atoms with Gasteiger partial charge in [-0.25, -0.2) is 0 Å². The number of methoxy groups -OCH3 is 1. The van der Waals surface area contributed by atoms with Gasteiger partial charge >= 0.3 is 0 Å². The Morgan fingerprint density at radius 3 is 2.44 bits per heavy atom. The summed E-state index contributed by atoms with van der Waals surface area (Å²) in [6.07, 6.45) is 7.89. The minimum Gasteiger partial charge on any atom is -0.385 e. The molecule has 0 heterocycles. The Labute approximate surface area is 112 Å². The molecule has 3 heteroatoms. The third kappa shape index (κ3) is 4.87. The van der Waals surface area contributed by atoms with E-state index in [1.54, 1.807) is 7.11 Å². The zero-order valence-corrected chi connectivity index (χ0v) is 12.4. The normalized spacial score (nSPS) is 22.7. The number of hydrogen-bond donors (Lipinski definition) is 1. The summed E-state index contributed by atoms with van der Waals surface area (Å²) in [5.41, 5.74) is 6.44. The quantitative estimate of drug-likeness (QED) is 0.727. The smallest absolute Gasteiger partial charge is 0.0756 e. The topological polar surface area (TPSA) is 44.5 Å². The molecule has 1 aliphatic carbocycles. The highest BCUT2D eigenvalue weighted by Gasteiger charge is 2.31. The second-order valence-electron chi connectivity index (χ2n) is 5.65. The number of rotatable bonds is 8. The third-order valence-electron chi connectivity index (χ3n) is 4.29. The molecule has 1 rings (SSSR count). The molecule has 108 valence electrons. The van der Waals surface area contributed by atoms with E-state index in [1.165, 1.54) is 32.1 Å². The van der Waals surface area contributed by atoms with Gasteiger partial charge in [-0.15, -0.1) is 0 Å². The molecule has 0 bridgehead atoms. The molecule has 0 radical (unpaired) electrons. The van der Waals surface area contributed by atoms with Crippen LogP contribution in [0, 0.1) is 11.8 Å². The number of nitrogens with two attached hydrogens (primary N) is 1. The van der Waals surface area contributed by atoms with E-state index in [1.807, 2.05) is 0 Å². The Morgan fingerprint density at radius 2 is 1.89 bits per heavy atom.